The van der Waals surface area contributed by atoms with Gasteiger partial charge in [-0.3, -0.25) is 9.59 Å². The van der Waals surface area contributed by atoms with Gasteiger partial charge in [0.1, 0.15) is 5.69 Å². The van der Waals surface area contributed by atoms with Crippen molar-refractivity contribution >= 4 is 22.9 Å². The molecule has 4 aromatic rings. The van der Waals surface area contributed by atoms with E-state index in [9.17, 15) is 9.59 Å². The zero-order chi connectivity index (χ0) is 22.2. The Kier molecular flexibility index (Phi) is 4.97. The molecular formula is C24H22N4O4. The molecule has 0 spiro atoms. The van der Waals surface area contributed by atoms with Crippen LogP contribution in [0.4, 0.5) is 0 Å². The Morgan fingerprint density at radius 1 is 0.938 bits per heavy atom. The predicted molar refractivity (Wildman–Crippen MR) is 117 cm³/mol. The van der Waals surface area contributed by atoms with Gasteiger partial charge in [-0.05, 0) is 44.2 Å². The highest BCUT2D eigenvalue weighted by Crippen LogP contribution is 2.28. The number of fused-ring (bicyclic) bond motifs is 1. The van der Waals surface area contributed by atoms with Gasteiger partial charge in [-0.25, -0.2) is 4.98 Å². The molecule has 3 aromatic heterocycles. The van der Waals surface area contributed by atoms with Crippen LogP contribution in [-0.2, 0) is 0 Å². The van der Waals surface area contributed by atoms with Crippen LogP contribution in [0.25, 0.3) is 22.6 Å². The number of rotatable bonds is 3. The molecule has 8 nitrogen and oxygen atoms in total. The van der Waals surface area contributed by atoms with Crippen molar-refractivity contribution in [2.75, 3.05) is 26.2 Å². The third-order valence-electron chi connectivity index (χ3n) is 5.77. The summed E-state index contributed by atoms with van der Waals surface area (Å²) in [6, 6.07) is 12.8. The van der Waals surface area contributed by atoms with Gasteiger partial charge in [-0.15, -0.1) is 0 Å². The summed E-state index contributed by atoms with van der Waals surface area (Å²) in [5, 5.41) is 4.59. The van der Waals surface area contributed by atoms with E-state index in [-0.39, 0.29) is 11.8 Å². The average molecular weight is 430 g/mol. The van der Waals surface area contributed by atoms with Crippen LogP contribution in [0.5, 0.6) is 0 Å². The number of furan rings is 1. The van der Waals surface area contributed by atoms with Crippen LogP contribution >= 0.6 is 0 Å². The first-order valence-electron chi connectivity index (χ1n) is 10.5. The molecule has 162 valence electrons. The first-order valence-corrected chi connectivity index (χ1v) is 10.5. The van der Waals surface area contributed by atoms with Crippen LogP contribution in [0.1, 0.15) is 32.0 Å². The van der Waals surface area contributed by atoms with Crippen LogP contribution in [0.3, 0.4) is 0 Å². The van der Waals surface area contributed by atoms with Crippen molar-refractivity contribution in [2.24, 2.45) is 0 Å². The SMILES string of the molecule is Cc1ccc(C(=O)N2CCN(C(=O)c3cc(-c4ccco4)nc4onc(C)c34)CC2)cc1. The maximum Gasteiger partial charge on any atom is 0.259 e. The van der Waals surface area contributed by atoms with Gasteiger partial charge in [0.25, 0.3) is 17.5 Å². The number of pyridine rings is 1. The van der Waals surface area contributed by atoms with Crippen molar-refractivity contribution in [3.8, 4) is 11.5 Å². The number of aromatic nitrogens is 2. The standard InChI is InChI=1S/C24H22N4O4/c1-15-5-7-17(8-6-15)23(29)27-9-11-28(12-10-27)24(30)18-14-19(20-4-3-13-31-20)25-22-21(18)16(2)26-32-22/h3-8,13-14H,9-12H2,1-2H3. The van der Waals surface area contributed by atoms with Crippen LogP contribution < -0.4 is 0 Å². The zero-order valence-electron chi connectivity index (χ0n) is 17.9. The average Bonchev–Trinajstić information content (AvgIpc) is 3.49. The van der Waals surface area contributed by atoms with Gasteiger partial charge in [-0.1, -0.05) is 22.9 Å². The predicted octanol–water partition coefficient (Wildman–Crippen LogP) is 3.70. The van der Waals surface area contributed by atoms with E-state index in [1.54, 1.807) is 41.2 Å². The summed E-state index contributed by atoms with van der Waals surface area (Å²) in [7, 11) is 0. The highest BCUT2D eigenvalue weighted by atomic mass is 16.5. The van der Waals surface area contributed by atoms with Gasteiger partial charge < -0.3 is 18.7 Å². The molecule has 1 fully saturated rings. The summed E-state index contributed by atoms with van der Waals surface area (Å²) in [5.41, 5.74) is 3.66. The number of amides is 2. The van der Waals surface area contributed by atoms with E-state index in [2.05, 4.69) is 10.1 Å². The first kappa shape index (κ1) is 20.0. The lowest BCUT2D eigenvalue weighted by molar-refractivity contribution is 0.0536. The van der Waals surface area contributed by atoms with Crippen molar-refractivity contribution in [2.45, 2.75) is 13.8 Å². The smallest absolute Gasteiger partial charge is 0.259 e. The van der Waals surface area contributed by atoms with Gasteiger partial charge >= 0.3 is 0 Å². The molecule has 4 heterocycles. The highest BCUT2D eigenvalue weighted by molar-refractivity contribution is 6.07. The molecule has 0 saturated carbocycles. The summed E-state index contributed by atoms with van der Waals surface area (Å²) in [6.07, 6.45) is 1.55. The van der Waals surface area contributed by atoms with Gasteiger partial charge in [0.2, 0.25) is 0 Å². The van der Waals surface area contributed by atoms with E-state index in [0.29, 0.717) is 65.6 Å². The second-order valence-corrected chi connectivity index (χ2v) is 7.93. The lowest BCUT2D eigenvalue weighted by Gasteiger charge is -2.35. The normalized spacial score (nSPS) is 14.2. The Bertz CT molecular complexity index is 1280. The molecule has 8 heteroatoms. The number of hydrogen-bond acceptors (Lipinski definition) is 6. The topological polar surface area (TPSA) is 92.7 Å². The van der Waals surface area contributed by atoms with E-state index in [4.69, 9.17) is 8.94 Å². The van der Waals surface area contributed by atoms with E-state index < -0.39 is 0 Å². The number of carbonyl (C=O) groups excluding carboxylic acids is 2. The number of benzene rings is 1. The van der Waals surface area contributed by atoms with Gasteiger partial charge in [0.05, 0.1) is 22.9 Å². The van der Waals surface area contributed by atoms with Crippen molar-refractivity contribution < 1.29 is 18.5 Å². The van der Waals surface area contributed by atoms with E-state index in [0.717, 1.165) is 5.56 Å². The van der Waals surface area contributed by atoms with E-state index in [1.165, 1.54) is 0 Å². The number of piperazine rings is 1. The van der Waals surface area contributed by atoms with Crippen molar-refractivity contribution in [3.05, 3.63) is 71.1 Å². The van der Waals surface area contributed by atoms with Crippen molar-refractivity contribution in [1.82, 2.24) is 19.9 Å². The van der Waals surface area contributed by atoms with Gasteiger partial charge in [0.15, 0.2) is 5.76 Å². The fourth-order valence-corrected chi connectivity index (χ4v) is 3.98. The maximum atomic E-state index is 13.5. The van der Waals surface area contributed by atoms with Gasteiger partial charge in [-0.2, -0.15) is 0 Å². The number of aryl methyl sites for hydroxylation is 2. The minimum absolute atomic E-state index is 0.0154. The van der Waals surface area contributed by atoms with Crippen LogP contribution in [-0.4, -0.2) is 57.9 Å². The van der Waals surface area contributed by atoms with Gasteiger partial charge in [0, 0.05) is 31.7 Å². The summed E-state index contributed by atoms with van der Waals surface area (Å²) in [6.45, 7) is 5.61. The van der Waals surface area contributed by atoms with Crippen LogP contribution in [0.2, 0.25) is 0 Å². The zero-order valence-corrected chi connectivity index (χ0v) is 17.9. The molecule has 1 aliphatic rings. The van der Waals surface area contributed by atoms with Crippen molar-refractivity contribution in [1.29, 1.82) is 0 Å². The van der Waals surface area contributed by atoms with Crippen LogP contribution in [0, 0.1) is 13.8 Å². The number of hydrogen-bond donors (Lipinski definition) is 0. The van der Waals surface area contributed by atoms with E-state index in [1.807, 2.05) is 31.2 Å². The number of carbonyl (C=O) groups is 2. The fourth-order valence-electron chi connectivity index (χ4n) is 3.98. The summed E-state index contributed by atoms with van der Waals surface area (Å²) >= 11 is 0. The van der Waals surface area contributed by atoms with Crippen molar-refractivity contribution in [3.63, 3.8) is 0 Å². The first-order chi connectivity index (χ1) is 15.5. The largest absolute Gasteiger partial charge is 0.463 e. The molecule has 1 aromatic carbocycles. The molecule has 0 atom stereocenters. The summed E-state index contributed by atoms with van der Waals surface area (Å²) < 4.78 is 10.8. The third-order valence-corrected chi connectivity index (χ3v) is 5.77. The van der Waals surface area contributed by atoms with Crippen LogP contribution in [0.15, 0.2) is 57.7 Å². The molecule has 2 amide bonds. The second-order valence-electron chi connectivity index (χ2n) is 7.93. The minimum Gasteiger partial charge on any atom is -0.463 e. The highest BCUT2D eigenvalue weighted by Gasteiger charge is 2.28. The molecular weight excluding hydrogens is 408 g/mol. The molecule has 0 bridgehead atoms. The lowest BCUT2D eigenvalue weighted by atomic mass is 10.1. The molecule has 0 N–H and O–H groups in total. The quantitative estimate of drug-likeness (QED) is 0.492. The Morgan fingerprint density at radius 2 is 1.62 bits per heavy atom. The lowest BCUT2D eigenvalue weighted by Crippen LogP contribution is -2.50. The Hall–Kier alpha value is -3.94. The summed E-state index contributed by atoms with van der Waals surface area (Å²) in [5.74, 6) is 0.390. The Labute approximate surface area is 184 Å². The summed E-state index contributed by atoms with van der Waals surface area (Å²) in [4.78, 5) is 34.3. The van der Waals surface area contributed by atoms with E-state index >= 15 is 0 Å². The molecule has 5 rings (SSSR count). The maximum absolute atomic E-state index is 13.5. The molecule has 0 aliphatic carbocycles. The third kappa shape index (κ3) is 3.53. The Morgan fingerprint density at radius 3 is 2.28 bits per heavy atom. The molecule has 1 saturated heterocycles. The number of nitrogens with zero attached hydrogens (tertiary/aromatic N) is 4. The fraction of sp³-hybridized carbons (Fsp3) is 0.250. The molecule has 0 radical (unpaired) electrons. The molecule has 32 heavy (non-hydrogen) atoms. The Balaban J connectivity index is 1.38. The minimum atomic E-state index is -0.140. The molecule has 0 unspecified atom stereocenters. The molecule has 1 aliphatic heterocycles. The second kappa shape index (κ2) is 7.96. The monoisotopic (exact) mass is 430 g/mol.